The minimum atomic E-state index is -2.84. The van der Waals surface area contributed by atoms with Crippen molar-refractivity contribution in [3.05, 3.63) is 41.6 Å². The molecule has 1 atom stereocenters. The van der Waals surface area contributed by atoms with Crippen LogP contribution < -0.4 is 19.7 Å². The Morgan fingerprint density at radius 1 is 1.28 bits per heavy atom. The topological polar surface area (TPSA) is 93.9 Å². The summed E-state index contributed by atoms with van der Waals surface area (Å²) in [6.45, 7) is 1.62. The molecule has 3 aliphatic rings. The van der Waals surface area contributed by atoms with Crippen molar-refractivity contribution in [2.24, 2.45) is 0 Å². The number of aromatic nitrogens is 4. The molecule has 1 fully saturated rings. The summed E-state index contributed by atoms with van der Waals surface area (Å²) in [4.78, 5) is 23.1. The van der Waals surface area contributed by atoms with E-state index in [9.17, 15) is 18.0 Å². The van der Waals surface area contributed by atoms with Crippen LogP contribution in [-0.4, -0.2) is 49.8 Å². The van der Waals surface area contributed by atoms with Crippen LogP contribution in [0.25, 0.3) is 5.65 Å². The lowest BCUT2D eigenvalue weighted by atomic mass is 9.71. The number of hydrogen-bond donors (Lipinski definition) is 1. The molecular weight excluding hydrogens is 429 g/mol. The van der Waals surface area contributed by atoms with E-state index in [1.165, 1.54) is 16.8 Å². The number of nitrogens with one attached hydrogen (secondary N) is 1. The summed E-state index contributed by atoms with van der Waals surface area (Å²) >= 11 is 0. The van der Waals surface area contributed by atoms with E-state index in [2.05, 4.69) is 20.4 Å². The highest BCUT2D eigenvalue weighted by molar-refractivity contribution is 6.00. The van der Waals surface area contributed by atoms with Gasteiger partial charge in [0.15, 0.2) is 23.4 Å². The van der Waals surface area contributed by atoms with Gasteiger partial charge in [0.25, 0.3) is 11.8 Å². The summed E-state index contributed by atoms with van der Waals surface area (Å²) in [5.41, 5.74) is -0.272. The van der Waals surface area contributed by atoms with Gasteiger partial charge < -0.3 is 19.7 Å². The first-order chi connectivity index (χ1) is 15.2. The van der Waals surface area contributed by atoms with Crippen molar-refractivity contribution in [1.29, 1.82) is 0 Å². The molecule has 0 radical (unpaired) electrons. The smallest absolute Gasteiger partial charge is 0.259 e. The van der Waals surface area contributed by atoms with Crippen LogP contribution in [0.15, 0.2) is 24.7 Å². The van der Waals surface area contributed by atoms with Gasteiger partial charge in [0.05, 0.1) is 30.7 Å². The second-order valence-electron chi connectivity index (χ2n) is 8.42. The van der Waals surface area contributed by atoms with Gasteiger partial charge in [-0.1, -0.05) is 0 Å². The Hall–Kier alpha value is -3.57. The average molecular weight is 446 g/mol. The molecule has 2 aliphatic heterocycles. The highest BCUT2D eigenvalue weighted by Gasteiger charge is 2.62. The molecule has 1 N–H and O–H groups in total. The van der Waals surface area contributed by atoms with Gasteiger partial charge in [0.2, 0.25) is 5.88 Å². The van der Waals surface area contributed by atoms with Crippen molar-refractivity contribution >= 4 is 17.4 Å². The highest BCUT2D eigenvalue weighted by Crippen LogP contribution is 2.54. The molecule has 1 aliphatic carbocycles. The van der Waals surface area contributed by atoms with Crippen LogP contribution in [0, 0.1) is 5.82 Å². The second-order valence-corrected chi connectivity index (χ2v) is 8.42. The van der Waals surface area contributed by atoms with E-state index in [1.807, 2.05) is 0 Å². The van der Waals surface area contributed by atoms with Crippen molar-refractivity contribution < 1.29 is 27.4 Å². The van der Waals surface area contributed by atoms with Gasteiger partial charge in [-0.3, -0.25) is 4.79 Å². The predicted octanol–water partition coefficient (Wildman–Crippen LogP) is 2.30. The zero-order chi connectivity index (χ0) is 22.3. The third kappa shape index (κ3) is 2.78. The summed E-state index contributed by atoms with van der Waals surface area (Å²) in [7, 11) is 0. The van der Waals surface area contributed by atoms with Gasteiger partial charge in [-0.05, 0) is 13.0 Å². The fourth-order valence-electron chi connectivity index (χ4n) is 4.62. The van der Waals surface area contributed by atoms with Gasteiger partial charge in [0, 0.05) is 18.4 Å². The molecule has 2 bridgehead atoms. The molecule has 32 heavy (non-hydrogen) atoms. The number of nitrogens with zero attached hydrogens (tertiary/aromatic N) is 5. The van der Waals surface area contributed by atoms with E-state index in [4.69, 9.17) is 9.47 Å². The number of pyridine rings is 1. The Balaban J connectivity index is 1.58. The maximum atomic E-state index is 14.1. The molecule has 0 aromatic carbocycles. The van der Waals surface area contributed by atoms with E-state index >= 15 is 0 Å². The number of rotatable bonds is 0. The first-order valence-corrected chi connectivity index (χ1v) is 10.0. The van der Waals surface area contributed by atoms with Crippen molar-refractivity contribution in [2.75, 3.05) is 11.5 Å². The fraction of sp³-hybridized carbons (Fsp3) is 0.400. The van der Waals surface area contributed by atoms with E-state index in [0.717, 1.165) is 6.20 Å². The van der Waals surface area contributed by atoms with E-state index in [1.54, 1.807) is 18.0 Å². The maximum absolute atomic E-state index is 14.1. The number of ether oxygens (including phenoxy) is 2. The van der Waals surface area contributed by atoms with Crippen molar-refractivity contribution in [3.8, 4) is 11.6 Å². The Morgan fingerprint density at radius 2 is 2.09 bits per heavy atom. The molecule has 9 nitrogen and oxygen atoms in total. The summed E-state index contributed by atoms with van der Waals surface area (Å²) < 4.78 is 55.1. The van der Waals surface area contributed by atoms with E-state index < -0.39 is 42.3 Å². The summed E-state index contributed by atoms with van der Waals surface area (Å²) in [5.74, 6) is -3.24. The van der Waals surface area contributed by atoms with Gasteiger partial charge in [-0.2, -0.15) is 5.10 Å². The van der Waals surface area contributed by atoms with Gasteiger partial charge in [0.1, 0.15) is 18.0 Å². The number of alkyl halides is 2. The highest BCUT2D eigenvalue weighted by atomic mass is 19.3. The molecule has 3 aromatic heterocycles. The second kappa shape index (κ2) is 6.24. The Bertz CT molecular complexity index is 1270. The summed E-state index contributed by atoms with van der Waals surface area (Å²) in [6, 6.07) is 1.24. The minimum Gasteiger partial charge on any atom is -0.486 e. The van der Waals surface area contributed by atoms with Crippen molar-refractivity contribution in [3.63, 3.8) is 0 Å². The molecule has 1 saturated carbocycles. The van der Waals surface area contributed by atoms with Gasteiger partial charge in [-0.15, -0.1) is 0 Å². The molecule has 0 unspecified atom stereocenters. The van der Waals surface area contributed by atoms with Crippen LogP contribution in [0.2, 0.25) is 0 Å². The van der Waals surface area contributed by atoms with Crippen molar-refractivity contribution in [1.82, 2.24) is 24.9 Å². The van der Waals surface area contributed by atoms with Gasteiger partial charge in [-0.25, -0.2) is 27.7 Å². The predicted molar refractivity (Wildman–Crippen MR) is 103 cm³/mol. The van der Waals surface area contributed by atoms with Gasteiger partial charge >= 0.3 is 0 Å². The monoisotopic (exact) mass is 446 g/mol. The number of carbonyl (C=O) groups is 1. The van der Waals surface area contributed by atoms with Crippen LogP contribution in [-0.2, 0) is 6.54 Å². The number of fused-ring (bicyclic) bond motifs is 2. The molecule has 12 heteroatoms. The molecule has 3 aromatic rings. The zero-order valence-corrected chi connectivity index (χ0v) is 16.8. The standard InChI is InChI=1S/C20H17F3N6O3/c1-10-26-17(30)13-4-25-29-6-14-16(27-15(13)29)28(19(9-31-14)7-20(22,23)8-19)5-11-2-12(21)3-24-18(11)32-10/h2-4,6,10H,5,7-9H2,1H3,(H,26,30)/t10-/m0/s1. The number of amides is 1. The number of anilines is 1. The Morgan fingerprint density at radius 3 is 2.88 bits per heavy atom. The summed E-state index contributed by atoms with van der Waals surface area (Å²) in [5, 5.41) is 6.84. The number of hydrogen-bond acceptors (Lipinski definition) is 7. The zero-order valence-electron chi connectivity index (χ0n) is 16.8. The lowest BCUT2D eigenvalue weighted by molar-refractivity contribution is -0.137. The molecule has 1 spiro atoms. The van der Waals surface area contributed by atoms with Crippen LogP contribution in [0.4, 0.5) is 19.0 Å². The largest absolute Gasteiger partial charge is 0.486 e. The quantitative estimate of drug-likeness (QED) is 0.566. The average Bonchev–Trinajstić information content (AvgIpc) is 3.11. The molecule has 1 amide bonds. The normalized spacial score (nSPS) is 22.8. The number of halogens is 3. The lowest BCUT2D eigenvalue weighted by Gasteiger charge is -2.56. The minimum absolute atomic E-state index is 0.00667. The lowest BCUT2D eigenvalue weighted by Crippen LogP contribution is -2.67. The maximum Gasteiger partial charge on any atom is 0.259 e. The summed E-state index contributed by atoms with van der Waals surface area (Å²) in [6.07, 6.45) is 2.24. The van der Waals surface area contributed by atoms with E-state index in [0.29, 0.717) is 11.3 Å². The third-order valence-corrected chi connectivity index (χ3v) is 6.03. The SMILES string of the molecule is C[C@H]1NC(=O)c2cnn3cc4c(nc23)N(Cc2cc(F)cnc2O1)C1(CO4)CC(F)(F)C1. The Kier molecular flexibility index (Phi) is 3.73. The van der Waals surface area contributed by atoms with Crippen LogP contribution in [0.3, 0.4) is 0 Å². The molecule has 0 saturated heterocycles. The Labute approximate surface area is 179 Å². The van der Waals surface area contributed by atoms with Crippen LogP contribution in [0.5, 0.6) is 11.6 Å². The van der Waals surface area contributed by atoms with Crippen LogP contribution in [0.1, 0.15) is 35.7 Å². The molecule has 5 heterocycles. The first-order valence-electron chi connectivity index (χ1n) is 10.0. The fourth-order valence-corrected chi connectivity index (χ4v) is 4.62. The molecule has 6 rings (SSSR count). The van der Waals surface area contributed by atoms with Crippen LogP contribution >= 0.6 is 0 Å². The van der Waals surface area contributed by atoms with Crippen molar-refractivity contribution in [2.45, 2.75) is 44.0 Å². The molecule has 166 valence electrons. The van der Waals surface area contributed by atoms with E-state index in [-0.39, 0.29) is 36.1 Å². The molecular formula is C20H17F3N6O3. The number of carbonyl (C=O) groups excluding carboxylic acids is 1. The third-order valence-electron chi connectivity index (χ3n) is 6.03. The first kappa shape index (κ1) is 19.1.